The van der Waals surface area contributed by atoms with E-state index >= 15 is 0 Å². The molecule has 0 aromatic carbocycles. The molecule has 0 atom stereocenters. The summed E-state index contributed by atoms with van der Waals surface area (Å²) in [5.41, 5.74) is 0. The van der Waals surface area contributed by atoms with Gasteiger partial charge in [-0.3, -0.25) is 4.79 Å². The summed E-state index contributed by atoms with van der Waals surface area (Å²) in [6.07, 6.45) is 24.2. The fourth-order valence-corrected chi connectivity index (χ4v) is 2.70. The molecule has 0 unspecified atom stereocenters. The zero-order chi connectivity index (χ0) is 16.3. The van der Waals surface area contributed by atoms with Gasteiger partial charge in [0.2, 0.25) is 0 Å². The van der Waals surface area contributed by atoms with E-state index in [9.17, 15) is 4.79 Å². The van der Waals surface area contributed by atoms with E-state index in [4.69, 9.17) is 5.11 Å². The first-order chi connectivity index (χ1) is 10.8. The number of carboxylic acid groups (broad SMARTS) is 1. The van der Waals surface area contributed by atoms with Crippen LogP contribution in [0.15, 0.2) is 12.2 Å². The Morgan fingerprint density at radius 1 is 0.696 bits per heavy atom. The molecule has 0 aromatic rings. The number of hydrogen-bond donors (Lipinski definition) is 1. The van der Waals surface area contributed by atoms with Crippen LogP contribution in [-0.2, 0) is 4.79 Å². The third kappa shape index (κ3) is 24.9. The first kappa shape index (κ1) is 25.8. The van der Waals surface area contributed by atoms with E-state index in [1.165, 1.54) is 83.5 Å². The van der Waals surface area contributed by atoms with Gasteiger partial charge in [-0.05, 0) is 32.1 Å². The molecular formula is C20H38O2Pr. The van der Waals surface area contributed by atoms with Crippen LogP contribution in [-0.4, -0.2) is 11.1 Å². The molecule has 0 bridgehead atoms. The predicted octanol–water partition coefficient (Wildman–Crippen LogP) is 6.89. The zero-order valence-corrected chi connectivity index (χ0v) is 19.1. The molecule has 0 aromatic heterocycles. The van der Waals surface area contributed by atoms with Crippen molar-refractivity contribution in [2.45, 2.75) is 110 Å². The molecule has 0 saturated carbocycles. The van der Waals surface area contributed by atoms with E-state index in [0.717, 1.165) is 12.8 Å². The van der Waals surface area contributed by atoms with E-state index in [-0.39, 0.29) is 41.3 Å². The van der Waals surface area contributed by atoms with E-state index in [1.54, 1.807) is 0 Å². The van der Waals surface area contributed by atoms with Gasteiger partial charge in [0.05, 0.1) is 0 Å². The summed E-state index contributed by atoms with van der Waals surface area (Å²) < 4.78 is 0. The summed E-state index contributed by atoms with van der Waals surface area (Å²) in [5, 5.41) is 8.53. The van der Waals surface area contributed by atoms with Crippen molar-refractivity contribution in [3.05, 3.63) is 12.2 Å². The quantitative estimate of drug-likeness (QED) is 0.193. The van der Waals surface area contributed by atoms with Crippen LogP contribution in [0.2, 0.25) is 0 Å². The normalized spacial score (nSPS) is 10.8. The van der Waals surface area contributed by atoms with E-state index in [2.05, 4.69) is 19.1 Å². The maximum absolute atomic E-state index is 10.4. The molecule has 0 heterocycles. The number of aliphatic carboxylic acids is 1. The van der Waals surface area contributed by atoms with Crippen molar-refractivity contribution in [3.63, 3.8) is 0 Å². The molecule has 0 aliphatic heterocycles. The Bertz CT molecular complexity index is 264. The molecule has 0 saturated heterocycles. The topological polar surface area (TPSA) is 37.3 Å². The van der Waals surface area contributed by atoms with Crippen molar-refractivity contribution in [3.8, 4) is 0 Å². The molecule has 0 amide bonds. The third-order valence-electron chi connectivity index (χ3n) is 4.15. The van der Waals surface area contributed by atoms with Gasteiger partial charge in [0.1, 0.15) is 0 Å². The SMILES string of the molecule is CCCCCCCCCC/C=C\CCCCCCCC(=O)O.[Pr]. The second kappa shape index (κ2) is 22.6. The number of unbranched alkanes of at least 4 members (excludes halogenated alkanes) is 13. The van der Waals surface area contributed by atoms with Gasteiger partial charge in [0.25, 0.3) is 0 Å². The van der Waals surface area contributed by atoms with Gasteiger partial charge in [-0.25, -0.2) is 0 Å². The smallest absolute Gasteiger partial charge is 0.303 e. The van der Waals surface area contributed by atoms with Crippen LogP contribution in [0.25, 0.3) is 0 Å². The number of carboxylic acids is 1. The summed E-state index contributed by atoms with van der Waals surface area (Å²) in [6.45, 7) is 2.27. The van der Waals surface area contributed by atoms with Crippen LogP contribution in [0.1, 0.15) is 110 Å². The van der Waals surface area contributed by atoms with Gasteiger partial charge < -0.3 is 5.11 Å². The standard InChI is InChI=1S/C20H38O2.Pr/c1-2-3-4-5-6-7-8-9-10-11-12-13-14-15-16-17-18-19-20(21)22;/h11-12H,2-10,13-19H2,1H3,(H,21,22);/b12-11-;. The molecule has 0 spiro atoms. The molecule has 0 fully saturated rings. The molecule has 2 nitrogen and oxygen atoms in total. The summed E-state index contributed by atoms with van der Waals surface area (Å²) in [4.78, 5) is 10.4. The molecule has 1 radical (unpaired) electrons. The second-order valence-electron chi connectivity index (χ2n) is 6.44. The maximum atomic E-state index is 10.4. The Balaban J connectivity index is 0. The minimum absolute atomic E-state index is 0. The predicted molar refractivity (Wildman–Crippen MR) is 96.3 cm³/mol. The molecule has 1 N–H and O–H groups in total. The maximum Gasteiger partial charge on any atom is 0.303 e. The Morgan fingerprint density at radius 2 is 1.09 bits per heavy atom. The van der Waals surface area contributed by atoms with E-state index in [0.29, 0.717) is 6.42 Å². The fraction of sp³-hybridized carbons (Fsp3) is 0.850. The third-order valence-corrected chi connectivity index (χ3v) is 4.15. The molecule has 0 aliphatic carbocycles. The van der Waals surface area contributed by atoms with Crippen molar-refractivity contribution < 1.29 is 51.2 Å². The monoisotopic (exact) mass is 451 g/mol. The van der Waals surface area contributed by atoms with Gasteiger partial charge in [-0.2, -0.15) is 0 Å². The molecule has 3 heteroatoms. The largest absolute Gasteiger partial charge is 0.481 e. The molecule has 0 rings (SSSR count). The van der Waals surface area contributed by atoms with Gasteiger partial charge in [-0.15, -0.1) is 0 Å². The van der Waals surface area contributed by atoms with Crippen LogP contribution in [0.3, 0.4) is 0 Å². The van der Waals surface area contributed by atoms with Crippen LogP contribution in [0, 0.1) is 41.3 Å². The van der Waals surface area contributed by atoms with Crippen LogP contribution in [0.4, 0.5) is 0 Å². The Labute approximate surface area is 177 Å². The minimum Gasteiger partial charge on any atom is -0.481 e. The van der Waals surface area contributed by atoms with Crippen LogP contribution < -0.4 is 0 Å². The van der Waals surface area contributed by atoms with Crippen molar-refractivity contribution in [1.82, 2.24) is 0 Å². The van der Waals surface area contributed by atoms with Crippen molar-refractivity contribution in [2.75, 3.05) is 0 Å². The first-order valence-electron chi connectivity index (χ1n) is 9.64. The van der Waals surface area contributed by atoms with Gasteiger partial charge in [0, 0.05) is 47.7 Å². The number of hydrogen-bond acceptors (Lipinski definition) is 1. The molecular weight excluding hydrogens is 413 g/mol. The molecule has 0 aliphatic rings. The number of carbonyl (C=O) groups is 1. The van der Waals surface area contributed by atoms with Crippen molar-refractivity contribution in [1.29, 1.82) is 0 Å². The molecule has 23 heavy (non-hydrogen) atoms. The van der Waals surface area contributed by atoms with Gasteiger partial charge in [0.15, 0.2) is 0 Å². The van der Waals surface area contributed by atoms with Crippen molar-refractivity contribution in [2.24, 2.45) is 0 Å². The van der Waals surface area contributed by atoms with Crippen LogP contribution in [0.5, 0.6) is 0 Å². The van der Waals surface area contributed by atoms with Crippen LogP contribution >= 0.6 is 0 Å². The van der Waals surface area contributed by atoms with Crippen molar-refractivity contribution >= 4 is 5.97 Å². The van der Waals surface area contributed by atoms with E-state index < -0.39 is 5.97 Å². The Morgan fingerprint density at radius 3 is 1.52 bits per heavy atom. The average molecular weight is 451 g/mol. The second-order valence-corrected chi connectivity index (χ2v) is 6.44. The Kier molecular flexibility index (Phi) is 25.3. The summed E-state index contributed by atoms with van der Waals surface area (Å²) >= 11 is 0. The van der Waals surface area contributed by atoms with E-state index in [1.807, 2.05) is 0 Å². The summed E-state index contributed by atoms with van der Waals surface area (Å²) in [5.74, 6) is -0.663. The fourth-order valence-electron chi connectivity index (χ4n) is 2.70. The number of rotatable bonds is 17. The number of allylic oxidation sites excluding steroid dienone is 2. The Hall–Kier alpha value is 0.574. The van der Waals surface area contributed by atoms with Gasteiger partial charge in [-0.1, -0.05) is 83.3 Å². The summed E-state index contributed by atoms with van der Waals surface area (Å²) in [6, 6.07) is 0. The summed E-state index contributed by atoms with van der Waals surface area (Å²) in [7, 11) is 0. The van der Waals surface area contributed by atoms with Gasteiger partial charge >= 0.3 is 5.97 Å². The zero-order valence-electron chi connectivity index (χ0n) is 15.4. The molecule has 133 valence electrons. The minimum atomic E-state index is -0.663. The average Bonchev–Trinajstić information content (AvgIpc) is 2.50. The first-order valence-corrected chi connectivity index (χ1v) is 9.64.